The first-order valence-electron chi connectivity index (χ1n) is 11.5. The summed E-state index contributed by atoms with van der Waals surface area (Å²) in [6, 6.07) is 19.2. The summed E-state index contributed by atoms with van der Waals surface area (Å²) in [5.74, 6) is -0.530. The number of halogens is 1. The number of rotatable bonds is 3. The molecule has 0 spiro atoms. The van der Waals surface area contributed by atoms with Gasteiger partial charge in [0.2, 0.25) is 0 Å². The van der Waals surface area contributed by atoms with Crippen molar-refractivity contribution in [2.75, 3.05) is 6.61 Å². The van der Waals surface area contributed by atoms with Crippen LogP contribution in [0.2, 0.25) is 0 Å². The van der Waals surface area contributed by atoms with Crippen molar-refractivity contribution in [2.24, 2.45) is 5.41 Å². The molecule has 0 bridgehead atoms. The number of esters is 1. The van der Waals surface area contributed by atoms with E-state index in [9.17, 15) is 9.18 Å². The van der Waals surface area contributed by atoms with Crippen molar-refractivity contribution >= 4 is 16.7 Å². The van der Waals surface area contributed by atoms with Gasteiger partial charge in [-0.15, -0.1) is 0 Å². The van der Waals surface area contributed by atoms with Crippen molar-refractivity contribution in [3.63, 3.8) is 0 Å². The number of fused-ring (bicyclic) bond motifs is 5. The van der Waals surface area contributed by atoms with Gasteiger partial charge in [0.1, 0.15) is 18.5 Å². The molecule has 0 radical (unpaired) electrons. The standard InChI is InChI=1S/C28H29FO4/c1-28(2,3)27(30)32-16-24-26-22(14-23(33-24)18-8-6-9-20(29)13-18)25-19(15-31-26)12-11-17-7-4-5-10-21(17)25/h4-13,22-24,26H,14-16H2,1-3H3/t22-,23+,24+,26-/m0/s1. The summed E-state index contributed by atoms with van der Waals surface area (Å²) in [6.45, 7) is 6.07. The lowest BCUT2D eigenvalue weighted by atomic mass is 9.76. The first kappa shape index (κ1) is 22.1. The number of hydrogen-bond acceptors (Lipinski definition) is 4. The van der Waals surface area contributed by atoms with Crippen LogP contribution in [0.15, 0.2) is 60.7 Å². The third-order valence-electron chi connectivity index (χ3n) is 6.64. The summed E-state index contributed by atoms with van der Waals surface area (Å²) in [7, 11) is 0. The molecule has 5 rings (SSSR count). The smallest absolute Gasteiger partial charge is 0.311 e. The average molecular weight is 449 g/mol. The van der Waals surface area contributed by atoms with Gasteiger partial charge in [-0.1, -0.05) is 48.5 Å². The highest BCUT2D eigenvalue weighted by Gasteiger charge is 2.45. The number of carbonyl (C=O) groups excluding carboxylic acids is 1. The molecule has 3 aromatic rings. The van der Waals surface area contributed by atoms with Crippen LogP contribution in [-0.2, 0) is 25.6 Å². The van der Waals surface area contributed by atoms with Crippen LogP contribution in [0.4, 0.5) is 4.39 Å². The lowest BCUT2D eigenvalue weighted by Crippen LogP contribution is -2.48. The molecule has 5 heteroatoms. The second-order valence-electron chi connectivity index (χ2n) is 10.0. The Labute approximate surface area is 193 Å². The summed E-state index contributed by atoms with van der Waals surface area (Å²) >= 11 is 0. The maximum absolute atomic E-state index is 14.0. The van der Waals surface area contributed by atoms with E-state index in [1.54, 1.807) is 6.07 Å². The van der Waals surface area contributed by atoms with Crippen LogP contribution in [0.3, 0.4) is 0 Å². The van der Waals surface area contributed by atoms with Crippen molar-refractivity contribution in [3.05, 3.63) is 83.2 Å². The van der Waals surface area contributed by atoms with E-state index in [2.05, 4.69) is 30.3 Å². The maximum atomic E-state index is 14.0. The normalized spacial score (nSPS) is 24.7. The van der Waals surface area contributed by atoms with Crippen molar-refractivity contribution in [3.8, 4) is 0 Å². The predicted octanol–water partition coefficient (Wildman–Crippen LogP) is 6.08. The van der Waals surface area contributed by atoms with Crippen molar-refractivity contribution in [1.29, 1.82) is 0 Å². The van der Waals surface area contributed by atoms with Gasteiger partial charge in [0.05, 0.1) is 24.2 Å². The second-order valence-corrected chi connectivity index (χ2v) is 10.0. The van der Waals surface area contributed by atoms with E-state index in [4.69, 9.17) is 14.2 Å². The number of hydrogen-bond donors (Lipinski definition) is 0. The van der Waals surface area contributed by atoms with Crippen molar-refractivity contribution < 1.29 is 23.4 Å². The summed E-state index contributed by atoms with van der Waals surface area (Å²) in [5, 5.41) is 2.39. The monoisotopic (exact) mass is 448 g/mol. The number of benzene rings is 3. The van der Waals surface area contributed by atoms with E-state index in [1.807, 2.05) is 32.9 Å². The van der Waals surface area contributed by atoms with Gasteiger partial charge >= 0.3 is 5.97 Å². The van der Waals surface area contributed by atoms with Crippen LogP contribution in [0.25, 0.3) is 10.8 Å². The Bertz CT molecular complexity index is 1180. The molecule has 172 valence electrons. The molecule has 0 amide bonds. The average Bonchev–Trinajstić information content (AvgIpc) is 2.81. The van der Waals surface area contributed by atoms with Gasteiger partial charge < -0.3 is 14.2 Å². The minimum atomic E-state index is -0.605. The van der Waals surface area contributed by atoms with E-state index in [0.717, 1.165) is 5.56 Å². The Hall–Kier alpha value is -2.76. The van der Waals surface area contributed by atoms with Crippen LogP contribution in [0.5, 0.6) is 0 Å². The zero-order chi connectivity index (χ0) is 23.2. The van der Waals surface area contributed by atoms with Gasteiger partial charge in [0.25, 0.3) is 0 Å². The summed E-state index contributed by atoms with van der Waals surface area (Å²) < 4.78 is 32.4. The van der Waals surface area contributed by atoms with E-state index in [0.29, 0.717) is 13.0 Å². The number of carbonyl (C=O) groups is 1. The van der Waals surface area contributed by atoms with E-state index < -0.39 is 11.5 Å². The fourth-order valence-electron chi connectivity index (χ4n) is 4.99. The molecule has 1 fully saturated rings. The molecular formula is C28H29FO4. The molecule has 2 aliphatic rings. The topological polar surface area (TPSA) is 44.8 Å². The van der Waals surface area contributed by atoms with Gasteiger partial charge in [-0.2, -0.15) is 0 Å². The Morgan fingerprint density at radius 2 is 1.91 bits per heavy atom. The zero-order valence-corrected chi connectivity index (χ0v) is 19.2. The van der Waals surface area contributed by atoms with Gasteiger partial charge in [-0.3, -0.25) is 4.79 Å². The molecular weight excluding hydrogens is 419 g/mol. The fourth-order valence-corrected chi connectivity index (χ4v) is 4.99. The maximum Gasteiger partial charge on any atom is 0.311 e. The highest BCUT2D eigenvalue weighted by molar-refractivity contribution is 5.87. The lowest BCUT2D eigenvalue weighted by Gasteiger charge is -2.45. The first-order chi connectivity index (χ1) is 15.8. The van der Waals surface area contributed by atoms with Crippen LogP contribution < -0.4 is 0 Å². The Balaban J connectivity index is 1.53. The molecule has 4 nitrogen and oxygen atoms in total. The Morgan fingerprint density at radius 1 is 1.09 bits per heavy atom. The highest BCUT2D eigenvalue weighted by Crippen LogP contribution is 2.47. The second kappa shape index (κ2) is 8.54. The first-order valence-corrected chi connectivity index (χ1v) is 11.5. The molecule has 3 aromatic carbocycles. The highest BCUT2D eigenvalue weighted by atomic mass is 19.1. The minimum absolute atomic E-state index is 0.0419. The summed E-state index contributed by atoms with van der Waals surface area (Å²) in [6.07, 6.45) is -0.358. The molecule has 0 saturated carbocycles. The Morgan fingerprint density at radius 3 is 2.70 bits per heavy atom. The van der Waals surface area contributed by atoms with E-state index in [-0.39, 0.29) is 36.5 Å². The molecule has 0 aliphatic carbocycles. The number of ether oxygens (including phenoxy) is 3. The van der Waals surface area contributed by atoms with Crippen LogP contribution in [-0.4, -0.2) is 24.8 Å². The van der Waals surface area contributed by atoms with Crippen LogP contribution in [0, 0.1) is 11.2 Å². The van der Waals surface area contributed by atoms with Gasteiger partial charge in [-0.05, 0) is 66.8 Å². The fraction of sp³-hybridized carbons (Fsp3) is 0.393. The van der Waals surface area contributed by atoms with Gasteiger partial charge in [0, 0.05) is 5.92 Å². The summed E-state index contributed by atoms with van der Waals surface area (Å²) in [5.41, 5.74) is 2.61. The molecule has 0 unspecified atom stereocenters. The molecule has 0 aromatic heterocycles. The predicted molar refractivity (Wildman–Crippen MR) is 124 cm³/mol. The van der Waals surface area contributed by atoms with Gasteiger partial charge in [-0.25, -0.2) is 4.39 Å². The summed E-state index contributed by atoms with van der Waals surface area (Å²) in [4.78, 5) is 12.5. The molecule has 4 atom stereocenters. The van der Waals surface area contributed by atoms with Gasteiger partial charge in [0.15, 0.2) is 0 Å². The van der Waals surface area contributed by atoms with Crippen molar-refractivity contribution in [1.82, 2.24) is 0 Å². The third-order valence-corrected chi connectivity index (χ3v) is 6.64. The van der Waals surface area contributed by atoms with E-state index in [1.165, 1.54) is 34.0 Å². The van der Waals surface area contributed by atoms with E-state index >= 15 is 0 Å². The molecule has 33 heavy (non-hydrogen) atoms. The lowest BCUT2D eigenvalue weighted by molar-refractivity contribution is -0.189. The van der Waals surface area contributed by atoms with Crippen molar-refractivity contribution in [2.45, 2.75) is 58.0 Å². The Kier molecular flexibility index (Phi) is 5.71. The van der Waals surface area contributed by atoms with Crippen LogP contribution in [0.1, 0.15) is 55.9 Å². The largest absolute Gasteiger partial charge is 0.462 e. The van der Waals surface area contributed by atoms with Crippen LogP contribution >= 0.6 is 0 Å². The third kappa shape index (κ3) is 4.28. The SMILES string of the molecule is CC(C)(C)C(=O)OC[C@H]1O[C@@H](c2cccc(F)c2)C[C@H]2c3c(ccc4ccccc34)CO[C@H]12. The molecule has 2 aliphatic heterocycles. The molecule has 2 heterocycles. The quantitative estimate of drug-likeness (QED) is 0.456. The minimum Gasteiger partial charge on any atom is -0.462 e. The zero-order valence-electron chi connectivity index (χ0n) is 19.2. The molecule has 1 saturated heterocycles. The molecule has 0 N–H and O–H groups in total.